The van der Waals surface area contributed by atoms with Gasteiger partial charge in [0.15, 0.2) is 0 Å². The summed E-state index contributed by atoms with van der Waals surface area (Å²) in [6.45, 7) is 2.45. The highest BCUT2D eigenvalue weighted by atomic mass is 32.2. The first kappa shape index (κ1) is 16.0. The molecule has 1 aliphatic rings. The van der Waals surface area contributed by atoms with Crippen LogP contribution in [0.4, 0.5) is 0 Å². The first-order valence-corrected chi connectivity index (χ1v) is 9.26. The Morgan fingerprint density at radius 2 is 1.61 bits per heavy atom. The topological polar surface area (TPSA) is 60.2 Å². The zero-order chi connectivity index (χ0) is 13.5. The Morgan fingerprint density at radius 1 is 1.06 bits per heavy atom. The zero-order valence-corrected chi connectivity index (χ0v) is 12.6. The Morgan fingerprint density at radius 3 is 2.11 bits per heavy atom. The minimum absolute atomic E-state index is 0.226. The largest absolute Gasteiger partial charge is 0.330 e. The third kappa shape index (κ3) is 5.27. The Labute approximate surface area is 112 Å². The van der Waals surface area contributed by atoms with E-state index in [1.165, 1.54) is 44.9 Å². The fraction of sp³-hybridized carbons (Fsp3) is 1.00. The van der Waals surface area contributed by atoms with Crippen LogP contribution in [0.2, 0.25) is 0 Å². The molecule has 108 valence electrons. The molecule has 0 heterocycles. The lowest BCUT2D eigenvalue weighted by Gasteiger charge is -2.34. The number of hydrogen-bond acceptors (Lipinski definition) is 3. The average Bonchev–Trinajstić information content (AvgIpc) is 2.32. The highest BCUT2D eigenvalue weighted by Gasteiger charge is 2.28. The molecule has 0 radical (unpaired) electrons. The van der Waals surface area contributed by atoms with Crippen molar-refractivity contribution in [3.05, 3.63) is 0 Å². The van der Waals surface area contributed by atoms with Crippen molar-refractivity contribution in [3.8, 4) is 0 Å². The van der Waals surface area contributed by atoms with Crippen molar-refractivity contribution >= 4 is 9.84 Å². The van der Waals surface area contributed by atoms with Crippen LogP contribution in [0.15, 0.2) is 0 Å². The highest BCUT2D eigenvalue weighted by molar-refractivity contribution is 7.91. The van der Waals surface area contributed by atoms with E-state index < -0.39 is 9.84 Å². The third-order valence-electron chi connectivity index (χ3n) is 4.45. The van der Waals surface area contributed by atoms with Crippen LogP contribution < -0.4 is 5.73 Å². The molecular formula is C14H29NO2S. The van der Waals surface area contributed by atoms with Crippen molar-refractivity contribution < 1.29 is 8.42 Å². The molecule has 0 aromatic rings. The fourth-order valence-electron chi connectivity index (χ4n) is 3.02. The van der Waals surface area contributed by atoms with Crippen LogP contribution in [0.1, 0.15) is 64.7 Å². The van der Waals surface area contributed by atoms with Gasteiger partial charge < -0.3 is 5.73 Å². The smallest absolute Gasteiger partial charge is 0.150 e. The number of rotatable bonds is 6. The van der Waals surface area contributed by atoms with E-state index in [0.29, 0.717) is 5.75 Å². The van der Waals surface area contributed by atoms with E-state index in [1.54, 1.807) is 6.92 Å². The van der Waals surface area contributed by atoms with Gasteiger partial charge in [-0.1, -0.05) is 39.0 Å². The standard InChI is InChI=1S/C14H29NO2S/c1-2-18(16,17)12-8-11-14(13-15)9-6-4-3-5-7-10-14/h2-13,15H2,1H3. The van der Waals surface area contributed by atoms with Gasteiger partial charge in [0, 0.05) is 5.75 Å². The number of nitrogens with two attached hydrogens (primary N) is 1. The lowest BCUT2D eigenvalue weighted by atomic mass is 9.73. The Balaban J connectivity index is 2.47. The third-order valence-corrected chi connectivity index (χ3v) is 6.24. The van der Waals surface area contributed by atoms with Crippen molar-refractivity contribution in [3.63, 3.8) is 0 Å². The van der Waals surface area contributed by atoms with Crippen molar-refractivity contribution in [1.29, 1.82) is 0 Å². The van der Waals surface area contributed by atoms with E-state index in [9.17, 15) is 8.42 Å². The Hall–Kier alpha value is -0.0900. The summed E-state index contributed by atoms with van der Waals surface area (Å²) in [5, 5.41) is 0. The molecule has 4 heteroatoms. The molecule has 2 N–H and O–H groups in total. The van der Waals surface area contributed by atoms with Crippen LogP contribution in [0.3, 0.4) is 0 Å². The maximum absolute atomic E-state index is 11.5. The molecule has 0 spiro atoms. The molecule has 1 fully saturated rings. The van der Waals surface area contributed by atoms with Gasteiger partial charge in [-0.05, 0) is 37.6 Å². The van der Waals surface area contributed by atoms with Gasteiger partial charge in [-0.25, -0.2) is 8.42 Å². The van der Waals surface area contributed by atoms with E-state index in [0.717, 1.165) is 19.4 Å². The van der Waals surface area contributed by atoms with Crippen LogP contribution >= 0.6 is 0 Å². The zero-order valence-electron chi connectivity index (χ0n) is 11.8. The van der Waals surface area contributed by atoms with Crippen molar-refractivity contribution in [2.24, 2.45) is 11.1 Å². The highest BCUT2D eigenvalue weighted by Crippen LogP contribution is 2.37. The van der Waals surface area contributed by atoms with Gasteiger partial charge in [0.1, 0.15) is 9.84 Å². The molecule has 0 bridgehead atoms. The quantitative estimate of drug-likeness (QED) is 0.811. The van der Waals surface area contributed by atoms with Gasteiger partial charge >= 0.3 is 0 Å². The molecule has 0 atom stereocenters. The van der Waals surface area contributed by atoms with E-state index >= 15 is 0 Å². The predicted octanol–water partition coefficient (Wildman–Crippen LogP) is 2.89. The molecule has 0 aromatic carbocycles. The molecule has 0 saturated heterocycles. The summed E-state index contributed by atoms with van der Waals surface area (Å²) in [4.78, 5) is 0. The van der Waals surface area contributed by atoms with Gasteiger partial charge in [-0.15, -0.1) is 0 Å². The molecule has 0 aromatic heterocycles. The van der Waals surface area contributed by atoms with Gasteiger partial charge in [-0.2, -0.15) is 0 Å². The molecular weight excluding hydrogens is 246 g/mol. The van der Waals surface area contributed by atoms with Crippen LogP contribution in [-0.2, 0) is 9.84 Å². The first-order chi connectivity index (χ1) is 8.54. The molecule has 18 heavy (non-hydrogen) atoms. The van der Waals surface area contributed by atoms with Crippen LogP contribution in [0.5, 0.6) is 0 Å². The van der Waals surface area contributed by atoms with E-state index in [4.69, 9.17) is 5.73 Å². The van der Waals surface area contributed by atoms with Crippen molar-refractivity contribution in [1.82, 2.24) is 0 Å². The lowest BCUT2D eigenvalue weighted by Crippen LogP contribution is -2.32. The summed E-state index contributed by atoms with van der Waals surface area (Å²) in [5.41, 5.74) is 6.22. The Kier molecular flexibility index (Phi) is 6.64. The Bertz CT molecular complexity index is 317. The van der Waals surface area contributed by atoms with Crippen LogP contribution in [0, 0.1) is 5.41 Å². The minimum Gasteiger partial charge on any atom is -0.330 e. The number of hydrogen-bond donors (Lipinski definition) is 1. The second-order valence-corrected chi connectivity index (χ2v) is 8.28. The van der Waals surface area contributed by atoms with Gasteiger partial charge in [-0.3, -0.25) is 0 Å². The van der Waals surface area contributed by atoms with Gasteiger partial charge in [0.05, 0.1) is 5.75 Å². The van der Waals surface area contributed by atoms with Crippen LogP contribution in [-0.4, -0.2) is 26.5 Å². The maximum Gasteiger partial charge on any atom is 0.150 e. The minimum atomic E-state index is -2.81. The van der Waals surface area contributed by atoms with Gasteiger partial charge in [0.25, 0.3) is 0 Å². The summed E-state index contributed by atoms with van der Waals surface area (Å²) >= 11 is 0. The second kappa shape index (κ2) is 7.49. The second-order valence-electron chi connectivity index (χ2n) is 5.81. The molecule has 1 rings (SSSR count). The monoisotopic (exact) mass is 275 g/mol. The molecule has 1 saturated carbocycles. The summed E-state index contributed by atoms with van der Waals surface area (Å²) in [5.74, 6) is 0.605. The lowest BCUT2D eigenvalue weighted by molar-refractivity contribution is 0.199. The van der Waals surface area contributed by atoms with Crippen molar-refractivity contribution in [2.45, 2.75) is 64.7 Å². The molecule has 3 nitrogen and oxygen atoms in total. The number of sulfone groups is 1. The summed E-state index contributed by atoms with van der Waals surface area (Å²) < 4.78 is 23.1. The van der Waals surface area contributed by atoms with Crippen LogP contribution in [0.25, 0.3) is 0 Å². The molecule has 1 aliphatic carbocycles. The average molecular weight is 275 g/mol. The van der Waals surface area contributed by atoms with E-state index in [-0.39, 0.29) is 11.2 Å². The van der Waals surface area contributed by atoms with Crippen molar-refractivity contribution in [2.75, 3.05) is 18.1 Å². The van der Waals surface area contributed by atoms with E-state index in [1.807, 2.05) is 0 Å². The molecule has 0 unspecified atom stereocenters. The predicted molar refractivity (Wildman–Crippen MR) is 77.4 cm³/mol. The van der Waals surface area contributed by atoms with Gasteiger partial charge in [0.2, 0.25) is 0 Å². The molecule has 0 aliphatic heterocycles. The first-order valence-electron chi connectivity index (χ1n) is 7.44. The summed E-state index contributed by atoms with van der Waals surface area (Å²) in [6, 6.07) is 0. The summed E-state index contributed by atoms with van der Waals surface area (Å²) in [7, 11) is -2.81. The van der Waals surface area contributed by atoms with E-state index in [2.05, 4.69) is 0 Å². The SMILES string of the molecule is CCS(=O)(=O)CCCC1(CN)CCCCCCC1. The normalized spacial score (nSPS) is 21.2. The molecule has 0 amide bonds. The maximum atomic E-state index is 11.5. The summed E-state index contributed by atoms with van der Waals surface area (Å²) in [6.07, 6.45) is 10.7. The fourth-order valence-corrected chi connectivity index (χ4v) is 3.90.